The first-order valence-electron chi connectivity index (χ1n) is 12.5. The molecule has 0 atom stereocenters. The zero-order valence-corrected chi connectivity index (χ0v) is 22.6. The van der Waals surface area contributed by atoms with Gasteiger partial charge in [-0.2, -0.15) is 0 Å². The standard InChI is InChI=1S/C30H28ClN3O5/c1-4-5-15-39-30(38)20-10-13-24(14-11-20)34-28(36)25(31)26(29(34)37)32-22-8-6-7-21(17-22)27(35)33-23-12-9-18(2)19(3)16-23/h6-14,16-17,32H,4-5,15H2,1-3H3,(H,33,35). The van der Waals surface area contributed by atoms with E-state index in [2.05, 4.69) is 10.6 Å². The van der Waals surface area contributed by atoms with Crippen LogP contribution in [0.25, 0.3) is 0 Å². The molecule has 0 fully saturated rings. The lowest BCUT2D eigenvalue weighted by molar-refractivity contribution is -0.120. The molecule has 8 nitrogen and oxygen atoms in total. The number of aryl methyl sites for hydroxylation is 2. The quantitative estimate of drug-likeness (QED) is 0.196. The van der Waals surface area contributed by atoms with Gasteiger partial charge in [-0.25, -0.2) is 9.69 Å². The minimum Gasteiger partial charge on any atom is -0.462 e. The van der Waals surface area contributed by atoms with Crippen molar-refractivity contribution in [3.05, 3.63) is 99.7 Å². The van der Waals surface area contributed by atoms with Crippen molar-refractivity contribution in [3.63, 3.8) is 0 Å². The lowest BCUT2D eigenvalue weighted by Crippen LogP contribution is -2.32. The second-order valence-corrected chi connectivity index (χ2v) is 9.51. The van der Waals surface area contributed by atoms with Gasteiger partial charge in [0.05, 0.1) is 17.9 Å². The van der Waals surface area contributed by atoms with Crippen LogP contribution in [-0.2, 0) is 14.3 Å². The molecular weight excluding hydrogens is 518 g/mol. The fourth-order valence-electron chi connectivity index (χ4n) is 3.89. The number of hydrogen-bond acceptors (Lipinski definition) is 6. The van der Waals surface area contributed by atoms with E-state index < -0.39 is 17.8 Å². The predicted molar refractivity (Wildman–Crippen MR) is 151 cm³/mol. The molecule has 0 unspecified atom stereocenters. The fraction of sp³-hybridized carbons (Fsp3) is 0.200. The van der Waals surface area contributed by atoms with Crippen molar-refractivity contribution in [2.24, 2.45) is 0 Å². The van der Waals surface area contributed by atoms with E-state index in [4.69, 9.17) is 16.3 Å². The zero-order chi connectivity index (χ0) is 28.1. The first kappa shape index (κ1) is 27.6. The summed E-state index contributed by atoms with van der Waals surface area (Å²) in [7, 11) is 0. The third kappa shape index (κ3) is 6.18. The number of nitrogens with one attached hydrogen (secondary N) is 2. The molecule has 0 radical (unpaired) electrons. The molecule has 3 aromatic carbocycles. The number of imide groups is 1. The molecule has 0 aromatic heterocycles. The molecule has 3 aromatic rings. The second-order valence-electron chi connectivity index (χ2n) is 9.13. The Kier molecular flexibility index (Phi) is 8.46. The number of nitrogens with zero attached hydrogens (tertiary/aromatic N) is 1. The molecule has 1 aliphatic heterocycles. The molecule has 1 aliphatic rings. The highest BCUT2D eigenvalue weighted by molar-refractivity contribution is 6.53. The van der Waals surface area contributed by atoms with E-state index in [1.54, 1.807) is 24.3 Å². The number of anilines is 3. The second kappa shape index (κ2) is 12.0. The van der Waals surface area contributed by atoms with Crippen LogP contribution in [0.1, 0.15) is 51.6 Å². The van der Waals surface area contributed by atoms with Gasteiger partial charge in [-0.3, -0.25) is 14.4 Å². The molecule has 39 heavy (non-hydrogen) atoms. The van der Waals surface area contributed by atoms with Gasteiger partial charge < -0.3 is 15.4 Å². The number of ether oxygens (including phenoxy) is 1. The maximum atomic E-state index is 13.2. The van der Waals surface area contributed by atoms with Gasteiger partial charge in [-0.05, 0) is 86.0 Å². The molecule has 0 bridgehead atoms. The van der Waals surface area contributed by atoms with Crippen LogP contribution in [0.5, 0.6) is 0 Å². The van der Waals surface area contributed by atoms with Crippen LogP contribution in [-0.4, -0.2) is 30.3 Å². The summed E-state index contributed by atoms with van der Waals surface area (Å²) < 4.78 is 5.19. The van der Waals surface area contributed by atoms with Crippen LogP contribution in [0.3, 0.4) is 0 Å². The number of rotatable bonds is 9. The Morgan fingerprint density at radius 3 is 2.31 bits per heavy atom. The van der Waals surface area contributed by atoms with Gasteiger partial charge in [0.15, 0.2) is 0 Å². The van der Waals surface area contributed by atoms with E-state index >= 15 is 0 Å². The first-order valence-corrected chi connectivity index (χ1v) is 12.9. The van der Waals surface area contributed by atoms with Gasteiger partial charge in [-0.15, -0.1) is 0 Å². The first-order chi connectivity index (χ1) is 18.7. The van der Waals surface area contributed by atoms with Crippen LogP contribution in [0.15, 0.2) is 77.5 Å². The summed E-state index contributed by atoms with van der Waals surface area (Å²) in [6, 6.07) is 18.1. The number of benzene rings is 3. The van der Waals surface area contributed by atoms with Crippen molar-refractivity contribution in [2.75, 3.05) is 22.1 Å². The van der Waals surface area contributed by atoms with Crippen molar-refractivity contribution < 1.29 is 23.9 Å². The topological polar surface area (TPSA) is 105 Å². The average molecular weight is 546 g/mol. The third-order valence-electron chi connectivity index (χ3n) is 6.28. The van der Waals surface area contributed by atoms with E-state index in [1.165, 1.54) is 24.3 Å². The highest BCUT2D eigenvalue weighted by atomic mass is 35.5. The van der Waals surface area contributed by atoms with Gasteiger partial charge in [-0.1, -0.05) is 37.1 Å². The van der Waals surface area contributed by atoms with Gasteiger partial charge in [0, 0.05) is 16.9 Å². The highest BCUT2D eigenvalue weighted by Gasteiger charge is 2.39. The number of carbonyl (C=O) groups excluding carboxylic acids is 4. The van der Waals surface area contributed by atoms with Crippen LogP contribution in [0, 0.1) is 13.8 Å². The van der Waals surface area contributed by atoms with Crippen molar-refractivity contribution in [1.29, 1.82) is 0 Å². The number of hydrogen-bond donors (Lipinski definition) is 2. The van der Waals surface area contributed by atoms with Gasteiger partial charge in [0.1, 0.15) is 10.7 Å². The van der Waals surface area contributed by atoms with Crippen molar-refractivity contribution in [2.45, 2.75) is 33.6 Å². The molecule has 0 saturated heterocycles. The Morgan fingerprint density at radius 1 is 0.872 bits per heavy atom. The lowest BCUT2D eigenvalue weighted by Gasteiger charge is -2.15. The molecule has 1 heterocycles. The Hall–Kier alpha value is -4.43. The normalized spacial score (nSPS) is 13.1. The molecular formula is C30H28ClN3O5. The van der Waals surface area contributed by atoms with E-state index in [0.717, 1.165) is 28.9 Å². The third-order valence-corrected chi connectivity index (χ3v) is 6.63. The number of amides is 3. The minimum atomic E-state index is -0.703. The van der Waals surface area contributed by atoms with E-state index in [-0.39, 0.29) is 22.3 Å². The van der Waals surface area contributed by atoms with E-state index in [0.29, 0.717) is 29.1 Å². The zero-order valence-electron chi connectivity index (χ0n) is 21.8. The summed E-state index contributed by atoms with van der Waals surface area (Å²) in [6.07, 6.45) is 1.67. The number of esters is 1. The van der Waals surface area contributed by atoms with Crippen LogP contribution in [0.4, 0.5) is 17.1 Å². The summed E-state index contributed by atoms with van der Waals surface area (Å²) in [6.45, 7) is 6.28. The largest absolute Gasteiger partial charge is 0.462 e. The Balaban J connectivity index is 1.46. The predicted octanol–water partition coefficient (Wildman–Crippen LogP) is 5.95. The summed E-state index contributed by atoms with van der Waals surface area (Å²) in [5, 5.41) is 5.46. The fourth-order valence-corrected chi connectivity index (χ4v) is 4.10. The Morgan fingerprint density at radius 2 is 1.62 bits per heavy atom. The molecule has 0 spiro atoms. The summed E-state index contributed by atoms with van der Waals surface area (Å²) in [5.41, 5.74) is 4.05. The van der Waals surface area contributed by atoms with E-state index in [1.807, 2.05) is 39.0 Å². The molecule has 0 aliphatic carbocycles. The maximum absolute atomic E-state index is 13.2. The summed E-state index contributed by atoms with van der Waals surface area (Å²) in [4.78, 5) is 51.9. The number of unbranched alkanes of at least 4 members (excludes halogenated alkanes) is 1. The monoisotopic (exact) mass is 545 g/mol. The molecule has 2 N–H and O–H groups in total. The molecule has 3 amide bonds. The van der Waals surface area contributed by atoms with Crippen molar-refractivity contribution >= 4 is 52.4 Å². The van der Waals surface area contributed by atoms with Gasteiger partial charge in [0.2, 0.25) is 0 Å². The molecule has 200 valence electrons. The summed E-state index contributed by atoms with van der Waals surface area (Å²) in [5.74, 6) is -2.17. The smallest absolute Gasteiger partial charge is 0.338 e. The average Bonchev–Trinajstić information content (AvgIpc) is 3.14. The minimum absolute atomic E-state index is 0.114. The summed E-state index contributed by atoms with van der Waals surface area (Å²) >= 11 is 6.26. The molecule has 0 saturated carbocycles. The van der Waals surface area contributed by atoms with Crippen LogP contribution in [0.2, 0.25) is 0 Å². The lowest BCUT2D eigenvalue weighted by atomic mass is 10.1. The number of carbonyl (C=O) groups is 4. The highest BCUT2D eigenvalue weighted by Crippen LogP contribution is 2.30. The van der Waals surface area contributed by atoms with Gasteiger partial charge in [0.25, 0.3) is 17.7 Å². The maximum Gasteiger partial charge on any atom is 0.338 e. The molecule has 9 heteroatoms. The number of halogens is 1. The Labute approximate surface area is 231 Å². The molecule has 4 rings (SSSR count). The van der Waals surface area contributed by atoms with Crippen LogP contribution >= 0.6 is 11.6 Å². The van der Waals surface area contributed by atoms with Gasteiger partial charge >= 0.3 is 5.97 Å². The van der Waals surface area contributed by atoms with Crippen LogP contribution < -0.4 is 15.5 Å². The Bertz CT molecular complexity index is 1480. The SMILES string of the molecule is CCCCOC(=O)c1ccc(N2C(=O)C(Cl)=C(Nc3cccc(C(=O)Nc4ccc(C)c(C)c4)c3)C2=O)cc1. The van der Waals surface area contributed by atoms with E-state index in [9.17, 15) is 19.2 Å². The van der Waals surface area contributed by atoms with Crippen molar-refractivity contribution in [3.8, 4) is 0 Å². The van der Waals surface area contributed by atoms with Crippen molar-refractivity contribution in [1.82, 2.24) is 0 Å².